The molecule has 1 aromatic heterocycles. The molecular weight excluding hydrogens is 370 g/mol. The fourth-order valence-electron chi connectivity index (χ4n) is 4.00. The second-order valence-corrected chi connectivity index (χ2v) is 7.41. The zero-order chi connectivity index (χ0) is 19.0. The van der Waals surface area contributed by atoms with Gasteiger partial charge in [-0.1, -0.05) is 17.7 Å². The van der Waals surface area contributed by atoms with E-state index in [1.54, 1.807) is 0 Å². The molecule has 0 spiro atoms. The lowest BCUT2D eigenvalue weighted by molar-refractivity contribution is -0.147. The molecule has 0 radical (unpaired) electrons. The number of amides is 1. The Balaban J connectivity index is 1.51. The summed E-state index contributed by atoms with van der Waals surface area (Å²) in [6, 6.07) is 2.27. The normalized spacial score (nSPS) is 15.9. The van der Waals surface area contributed by atoms with Crippen molar-refractivity contribution in [1.82, 2.24) is 9.78 Å². The van der Waals surface area contributed by atoms with E-state index in [-0.39, 0.29) is 6.54 Å². The van der Waals surface area contributed by atoms with Gasteiger partial charge in [-0.3, -0.25) is 10.00 Å². The van der Waals surface area contributed by atoms with E-state index in [2.05, 4.69) is 16.5 Å². The molecule has 0 fully saturated rings. The smallest absolute Gasteiger partial charge is 0.412 e. The highest BCUT2D eigenvalue weighted by molar-refractivity contribution is 6.30. The third kappa shape index (κ3) is 3.64. The lowest BCUT2D eigenvalue weighted by atomic mass is 9.99. The van der Waals surface area contributed by atoms with Crippen molar-refractivity contribution in [2.45, 2.75) is 51.2 Å². The summed E-state index contributed by atoms with van der Waals surface area (Å²) in [5.41, 5.74) is 5.73. The van der Waals surface area contributed by atoms with Crippen LogP contribution in [0.25, 0.3) is 0 Å². The van der Waals surface area contributed by atoms with E-state index in [0.29, 0.717) is 5.02 Å². The summed E-state index contributed by atoms with van der Waals surface area (Å²) in [5, 5.41) is 16.5. The van der Waals surface area contributed by atoms with Crippen molar-refractivity contribution in [3.05, 3.63) is 45.7 Å². The number of carbonyl (C=O) groups is 2. The average Bonchev–Trinajstić information content (AvgIpc) is 3.34. The van der Waals surface area contributed by atoms with Gasteiger partial charge in [-0.15, -0.1) is 0 Å². The number of aliphatic carboxylic acids is 1. The second-order valence-electron chi connectivity index (χ2n) is 6.97. The summed E-state index contributed by atoms with van der Waals surface area (Å²) in [6.07, 6.45) is 6.79. The van der Waals surface area contributed by atoms with E-state index < -0.39 is 18.2 Å². The number of hydrogen-bond acceptors (Lipinski definition) is 4. The number of anilines is 1. The first-order valence-corrected chi connectivity index (χ1v) is 9.44. The molecule has 1 atom stereocenters. The van der Waals surface area contributed by atoms with E-state index >= 15 is 0 Å². The predicted octanol–water partition coefficient (Wildman–Crippen LogP) is 3.22. The third-order valence-corrected chi connectivity index (χ3v) is 5.37. The Bertz CT molecular complexity index is 876. The molecule has 1 heterocycles. The lowest BCUT2D eigenvalue weighted by Crippen LogP contribution is -2.33. The number of halogens is 1. The molecule has 1 unspecified atom stereocenters. The topological polar surface area (TPSA) is 93.5 Å². The minimum absolute atomic E-state index is 0.111. The van der Waals surface area contributed by atoms with Crippen LogP contribution in [0.3, 0.4) is 0 Å². The highest BCUT2D eigenvalue weighted by atomic mass is 35.5. The Morgan fingerprint density at radius 1 is 1.22 bits per heavy atom. The van der Waals surface area contributed by atoms with Gasteiger partial charge in [0.1, 0.15) is 0 Å². The maximum absolute atomic E-state index is 12.5. The minimum atomic E-state index is -1.36. The summed E-state index contributed by atoms with van der Waals surface area (Å²) in [4.78, 5) is 24.0. The maximum Gasteiger partial charge on any atom is 0.412 e. The number of nitrogens with zero attached hydrogens (tertiary/aromatic N) is 2. The zero-order valence-corrected chi connectivity index (χ0v) is 15.5. The zero-order valence-electron chi connectivity index (χ0n) is 14.7. The number of nitrogens with one attached hydrogen (secondary N) is 1. The quantitative estimate of drug-likeness (QED) is 0.818. The van der Waals surface area contributed by atoms with Gasteiger partial charge in [-0.05, 0) is 60.8 Å². The fraction of sp³-hybridized carbons (Fsp3) is 0.421. The van der Waals surface area contributed by atoms with Crippen LogP contribution in [0.1, 0.15) is 35.1 Å². The molecule has 0 aliphatic heterocycles. The van der Waals surface area contributed by atoms with Crippen molar-refractivity contribution in [3.63, 3.8) is 0 Å². The van der Waals surface area contributed by atoms with Crippen LogP contribution in [-0.2, 0) is 41.8 Å². The molecule has 142 valence electrons. The Hall–Kier alpha value is -2.54. The van der Waals surface area contributed by atoms with Crippen LogP contribution in [0.4, 0.5) is 10.5 Å². The number of aryl methyl sites for hydroxylation is 2. The number of hydrogen-bond donors (Lipinski definition) is 2. The Morgan fingerprint density at radius 3 is 2.44 bits per heavy atom. The van der Waals surface area contributed by atoms with Crippen LogP contribution in [0.5, 0.6) is 0 Å². The number of aromatic nitrogens is 2. The van der Waals surface area contributed by atoms with Crippen LogP contribution >= 0.6 is 11.6 Å². The summed E-state index contributed by atoms with van der Waals surface area (Å²) >= 11 is 5.79. The molecule has 27 heavy (non-hydrogen) atoms. The van der Waals surface area contributed by atoms with Crippen molar-refractivity contribution in [2.24, 2.45) is 0 Å². The van der Waals surface area contributed by atoms with Crippen molar-refractivity contribution >= 4 is 29.4 Å². The van der Waals surface area contributed by atoms with E-state index in [1.165, 1.54) is 39.3 Å². The maximum atomic E-state index is 12.5. The van der Waals surface area contributed by atoms with Crippen molar-refractivity contribution < 1.29 is 19.4 Å². The van der Waals surface area contributed by atoms with E-state index in [1.807, 2.05) is 0 Å². The summed E-state index contributed by atoms with van der Waals surface area (Å²) in [7, 11) is 0. The number of carboxylic acids is 1. The van der Waals surface area contributed by atoms with Gasteiger partial charge in [-0.25, -0.2) is 9.59 Å². The lowest BCUT2D eigenvalue weighted by Gasteiger charge is -2.18. The summed E-state index contributed by atoms with van der Waals surface area (Å²) in [5.74, 6) is -1.24. The number of carbonyl (C=O) groups excluding carboxylic acids is 1. The van der Waals surface area contributed by atoms with Gasteiger partial charge in [0, 0.05) is 6.20 Å². The molecule has 2 N–H and O–H groups in total. The largest absolute Gasteiger partial charge is 0.478 e. The first-order chi connectivity index (χ1) is 13.0. The van der Waals surface area contributed by atoms with Gasteiger partial charge in [0.15, 0.2) is 0 Å². The molecule has 8 heteroatoms. The molecule has 1 amide bonds. The van der Waals surface area contributed by atoms with Crippen molar-refractivity contribution in [2.75, 3.05) is 5.32 Å². The molecule has 2 aliphatic carbocycles. The first-order valence-electron chi connectivity index (χ1n) is 9.06. The van der Waals surface area contributed by atoms with Crippen LogP contribution in [0.15, 0.2) is 18.5 Å². The Kier molecular flexibility index (Phi) is 4.78. The highest BCUT2D eigenvalue weighted by Crippen LogP contribution is 2.38. The number of benzene rings is 1. The van der Waals surface area contributed by atoms with E-state index in [9.17, 15) is 14.7 Å². The van der Waals surface area contributed by atoms with Crippen LogP contribution < -0.4 is 5.32 Å². The van der Waals surface area contributed by atoms with Crippen LogP contribution in [-0.4, -0.2) is 33.1 Å². The molecule has 2 aliphatic rings. The van der Waals surface area contributed by atoms with Gasteiger partial charge in [0.05, 0.1) is 23.5 Å². The molecule has 1 aromatic carbocycles. The number of carboxylic acid groups (broad SMARTS) is 1. The van der Waals surface area contributed by atoms with Crippen molar-refractivity contribution in [3.8, 4) is 0 Å². The monoisotopic (exact) mass is 389 g/mol. The molecule has 0 saturated carbocycles. The summed E-state index contributed by atoms with van der Waals surface area (Å²) in [6.45, 7) is -0.111. The van der Waals surface area contributed by atoms with Crippen LogP contribution in [0, 0.1) is 0 Å². The van der Waals surface area contributed by atoms with Gasteiger partial charge in [-0.2, -0.15) is 5.10 Å². The number of rotatable bonds is 5. The highest BCUT2D eigenvalue weighted by Gasteiger charge is 2.28. The van der Waals surface area contributed by atoms with Gasteiger partial charge in [0.25, 0.3) is 0 Å². The molecule has 4 rings (SSSR count). The van der Waals surface area contributed by atoms with Crippen molar-refractivity contribution in [1.29, 1.82) is 0 Å². The fourth-order valence-corrected chi connectivity index (χ4v) is 4.16. The Labute approximate surface area is 161 Å². The molecule has 7 nitrogen and oxygen atoms in total. The standard InChI is InChI=1S/C19H20ClN3O4/c20-13-8-21-23(9-13)10-16(18(24)25)27-19(26)22-17-14-5-1-3-11(14)7-12-4-2-6-15(12)17/h7-9,16H,1-6,10H2,(H,22,26)(H,24,25). The van der Waals surface area contributed by atoms with Gasteiger partial charge >= 0.3 is 12.1 Å². The third-order valence-electron chi connectivity index (χ3n) is 5.18. The first kappa shape index (κ1) is 17.9. The van der Waals surface area contributed by atoms with Gasteiger partial charge < -0.3 is 9.84 Å². The number of ether oxygens (including phenoxy) is 1. The average molecular weight is 390 g/mol. The second kappa shape index (κ2) is 7.23. The minimum Gasteiger partial charge on any atom is -0.478 e. The van der Waals surface area contributed by atoms with Crippen LogP contribution in [0.2, 0.25) is 5.02 Å². The Morgan fingerprint density at radius 2 is 1.89 bits per heavy atom. The molecular formula is C19H20ClN3O4. The summed E-state index contributed by atoms with van der Waals surface area (Å²) < 4.78 is 6.53. The van der Waals surface area contributed by atoms with E-state index in [0.717, 1.165) is 44.2 Å². The predicted molar refractivity (Wildman–Crippen MR) is 99.3 cm³/mol. The number of fused-ring (bicyclic) bond motifs is 2. The van der Waals surface area contributed by atoms with Gasteiger partial charge in [0.2, 0.25) is 6.10 Å². The molecule has 2 aromatic rings. The molecule has 0 bridgehead atoms. The molecule has 0 saturated heterocycles. The van der Waals surface area contributed by atoms with E-state index in [4.69, 9.17) is 16.3 Å². The SMILES string of the molecule is O=C(Nc1c2c(cc3c1CCC3)CCC2)OC(Cn1cc(Cl)cn1)C(=O)O.